The molecule has 0 saturated heterocycles. The molecule has 0 aromatic heterocycles. The molecule has 0 unspecified atom stereocenters. The van der Waals surface area contributed by atoms with Gasteiger partial charge in [0.1, 0.15) is 0 Å². The van der Waals surface area contributed by atoms with Gasteiger partial charge < -0.3 is 5.32 Å². The van der Waals surface area contributed by atoms with Crippen LogP contribution in [0.5, 0.6) is 0 Å². The van der Waals surface area contributed by atoms with E-state index in [9.17, 15) is 4.79 Å². The highest BCUT2D eigenvalue weighted by molar-refractivity contribution is 7.81. The minimum atomic E-state index is -0.135. The quantitative estimate of drug-likeness (QED) is 0.793. The summed E-state index contributed by atoms with van der Waals surface area (Å²) in [7, 11) is 0. The van der Waals surface area contributed by atoms with E-state index in [2.05, 4.69) is 17.9 Å². The van der Waals surface area contributed by atoms with E-state index in [1.165, 1.54) is 0 Å². The van der Waals surface area contributed by atoms with Crippen molar-refractivity contribution < 1.29 is 4.79 Å². The van der Waals surface area contributed by atoms with Crippen LogP contribution in [0.25, 0.3) is 0 Å². The molecule has 0 heterocycles. The number of carbonyl (C=O) groups excluding carboxylic acids is 1. The van der Waals surface area contributed by atoms with Gasteiger partial charge in [-0.05, 0) is 11.6 Å². The summed E-state index contributed by atoms with van der Waals surface area (Å²) in [5.74, 6) is 0.0300. The summed E-state index contributed by atoms with van der Waals surface area (Å²) in [4.78, 5) is 10.9. The van der Waals surface area contributed by atoms with Crippen molar-refractivity contribution in [3.8, 4) is 0 Å². The third-order valence-corrected chi connectivity index (χ3v) is 2.80. The normalized spacial score (nSPS) is 9.93. The van der Waals surface area contributed by atoms with Crippen molar-refractivity contribution in [2.75, 3.05) is 5.75 Å². The summed E-state index contributed by atoms with van der Waals surface area (Å²) in [5, 5.41) is 3.63. The van der Waals surface area contributed by atoms with Crippen LogP contribution in [0.15, 0.2) is 18.2 Å². The van der Waals surface area contributed by atoms with Crippen molar-refractivity contribution in [1.82, 2.24) is 5.32 Å². The fraction of sp³-hybridized carbons (Fsp3) is 0.222. The van der Waals surface area contributed by atoms with Crippen LogP contribution in [0.2, 0.25) is 10.0 Å². The number of hydrogen-bond donors (Lipinski definition) is 2. The number of carbonyl (C=O) groups is 1. The molecule has 2 nitrogen and oxygen atoms in total. The zero-order valence-electron chi connectivity index (χ0n) is 7.26. The summed E-state index contributed by atoms with van der Waals surface area (Å²) in [5.41, 5.74) is 0.800. The van der Waals surface area contributed by atoms with Gasteiger partial charge in [-0.3, -0.25) is 4.79 Å². The smallest absolute Gasteiger partial charge is 0.229 e. The van der Waals surface area contributed by atoms with E-state index in [1.807, 2.05) is 6.07 Å². The topological polar surface area (TPSA) is 29.1 Å². The fourth-order valence-electron chi connectivity index (χ4n) is 0.935. The molecule has 5 heteroatoms. The van der Waals surface area contributed by atoms with Crippen LogP contribution in [0.1, 0.15) is 5.56 Å². The highest BCUT2D eigenvalue weighted by Crippen LogP contribution is 2.25. The molecule has 0 spiro atoms. The number of rotatable bonds is 3. The Kier molecular flexibility index (Phi) is 4.58. The number of nitrogens with one attached hydrogen (secondary N) is 1. The van der Waals surface area contributed by atoms with Crippen molar-refractivity contribution >= 4 is 41.7 Å². The van der Waals surface area contributed by atoms with Crippen molar-refractivity contribution in [3.05, 3.63) is 33.8 Å². The largest absolute Gasteiger partial charge is 0.351 e. The molecule has 0 atom stereocenters. The number of hydrogen-bond acceptors (Lipinski definition) is 2. The molecule has 0 aliphatic rings. The zero-order valence-corrected chi connectivity index (χ0v) is 9.66. The maximum Gasteiger partial charge on any atom is 0.229 e. The third kappa shape index (κ3) is 3.08. The highest BCUT2D eigenvalue weighted by Gasteiger charge is 2.04. The number of thiol groups is 1. The third-order valence-electron chi connectivity index (χ3n) is 1.65. The molecule has 1 N–H and O–H groups in total. The van der Waals surface area contributed by atoms with E-state index in [0.29, 0.717) is 16.6 Å². The Hall–Kier alpha value is -0.380. The lowest BCUT2D eigenvalue weighted by atomic mass is 10.2. The summed E-state index contributed by atoms with van der Waals surface area (Å²) in [6, 6.07) is 5.30. The molecular weight excluding hydrogens is 241 g/mol. The van der Waals surface area contributed by atoms with E-state index in [1.54, 1.807) is 12.1 Å². The number of halogens is 2. The number of benzene rings is 1. The molecule has 1 aromatic rings. The Morgan fingerprint density at radius 2 is 2.14 bits per heavy atom. The van der Waals surface area contributed by atoms with Crippen LogP contribution in [0, 0.1) is 0 Å². The average Bonchev–Trinajstić information content (AvgIpc) is 2.20. The lowest BCUT2D eigenvalue weighted by Gasteiger charge is -2.06. The van der Waals surface area contributed by atoms with E-state index in [4.69, 9.17) is 23.2 Å². The van der Waals surface area contributed by atoms with Crippen molar-refractivity contribution in [3.63, 3.8) is 0 Å². The summed E-state index contributed by atoms with van der Waals surface area (Å²) in [6.07, 6.45) is 0. The van der Waals surface area contributed by atoms with Crippen LogP contribution in [-0.4, -0.2) is 11.7 Å². The van der Waals surface area contributed by atoms with Crippen molar-refractivity contribution in [1.29, 1.82) is 0 Å². The minimum absolute atomic E-state index is 0.135. The molecule has 0 saturated carbocycles. The van der Waals surface area contributed by atoms with Crippen molar-refractivity contribution in [2.24, 2.45) is 0 Å². The lowest BCUT2D eigenvalue weighted by Crippen LogP contribution is -2.23. The zero-order chi connectivity index (χ0) is 10.6. The molecule has 1 amide bonds. The molecule has 1 aromatic carbocycles. The second kappa shape index (κ2) is 5.49. The first-order chi connectivity index (χ1) is 6.65. The Balaban J connectivity index is 2.68. The number of amides is 1. The SMILES string of the molecule is O=C(CS)NCc1cccc(Cl)c1Cl. The second-order valence-electron chi connectivity index (χ2n) is 2.65. The standard InChI is InChI=1S/C9H9Cl2NOS/c10-7-3-1-2-6(9(7)11)4-12-8(13)5-14/h1-3,14H,4-5H2,(H,12,13). The molecule has 0 fully saturated rings. The molecule has 14 heavy (non-hydrogen) atoms. The van der Waals surface area contributed by atoms with Crippen LogP contribution in [0.3, 0.4) is 0 Å². The van der Waals surface area contributed by atoms with Crippen molar-refractivity contribution in [2.45, 2.75) is 6.54 Å². The molecule has 0 bridgehead atoms. The fourth-order valence-corrected chi connectivity index (χ4v) is 1.43. The molecule has 0 aliphatic carbocycles. The predicted molar refractivity (Wildman–Crippen MR) is 62.2 cm³/mol. The summed E-state index contributed by atoms with van der Waals surface area (Å²) in [6.45, 7) is 0.374. The van der Waals surface area contributed by atoms with Gasteiger partial charge in [-0.25, -0.2) is 0 Å². The Bertz CT molecular complexity index is 344. The second-order valence-corrected chi connectivity index (χ2v) is 3.75. The molecular formula is C9H9Cl2NOS. The first kappa shape index (κ1) is 11.7. The molecule has 0 aliphatic heterocycles. The van der Waals surface area contributed by atoms with Gasteiger partial charge in [-0.2, -0.15) is 12.6 Å². The first-order valence-corrected chi connectivity index (χ1v) is 5.34. The van der Waals surface area contributed by atoms with Gasteiger partial charge in [0, 0.05) is 6.54 Å². The van der Waals surface area contributed by atoms with E-state index in [0.717, 1.165) is 5.56 Å². The van der Waals surface area contributed by atoms with Crippen LogP contribution in [-0.2, 0) is 11.3 Å². The van der Waals surface area contributed by atoms with Gasteiger partial charge >= 0.3 is 0 Å². The van der Waals surface area contributed by atoms with Crippen LogP contribution < -0.4 is 5.32 Å². The molecule has 76 valence electrons. The van der Waals surface area contributed by atoms with Crippen LogP contribution >= 0.6 is 35.8 Å². The van der Waals surface area contributed by atoms with Gasteiger partial charge in [-0.1, -0.05) is 35.3 Å². The first-order valence-electron chi connectivity index (χ1n) is 3.95. The Morgan fingerprint density at radius 1 is 1.43 bits per heavy atom. The average molecular weight is 250 g/mol. The van der Waals surface area contributed by atoms with Gasteiger partial charge in [-0.15, -0.1) is 0 Å². The predicted octanol–water partition coefficient (Wildman–Crippen LogP) is 2.54. The Labute approximate surface area is 98.0 Å². The van der Waals surface area contributed by atoms with E-state index in [-0.39, 0.29) is 11.7 Å². The monoisotopic (exact) mass is 249 g/mol. The minimum Gasteiger partial charge on any atom is -0.351 e. The summed E-state index contributed by atoms with van der Waals surface area (Å²) < 4.78 is 0. The van der Waals surface area contributed by atoms with E-state index < -0.39 is 0 Å². The van der Waals surface area contributed by atoms with Gasteiger partial charge in [0.05, 0.1) is 15.8 Å². The van der Waals surface area contributed by atoms with E-state index >= 15 is 0 Å². The maximum atomic E-state index is 10.9. The molecule has 0 radical (unpaired) electrons. The van der Waals surface area contributed by atoms with Gasteiger partial charge in [0.2, 0.25) is 5.91 Å². The lowest BCUT2D eigenvalue weighted by molar-refractivity contribution is -0.118. The Morgan fingerprint density at radius 3 is 2.79 bits per heavy atom. The summed E-state index contributed by atoms with van der Waals surface area (Å²) >= 11 is 15.6. The van der Waals surface area contributed by atoms with Gasteiger partial charge in [0.15, 0.2) is 0 Å². The molecule has 1 rings (SSSR count). The maximum absolute atomic E-state index is 10.9. The van der Waals surface area contributed by atoms with Gasteiger partial charge in [0.25, 0.3) is 0 Å². The van der Waals surface area contributed by atoms with Crippen LogP contribution in [0.4, 0.5) is 0 Å². The highest BCUT2D eigenvalue weighted by atomic mass is 35.5.